The van der Waals surface area contributed by atoms with Crippen molar-refractivity contribution in [1.82, 2.24) is 14.9 Å². The Kier molecular flexibility index (Phi) is 3.66. The molecular formula is C20H26N4. The highest BCUT2D eigenvalue weighted by atomic mass is 15.3. The van der Waals surface area contributed by atoms with Crippen molar-refractivity contribution in [2.75, 3.05) is 24.5 Å². The van der Waals surface area contributed by atoms with Crippen LogP contribution < -0.4 is 4.90 Å². The first-order chi connectivity index (χ1) is 11.9. The molecule has 0 bridgehead atoms. The van der Waals surface area contributed by atoms with E-state index in [-0.39, 0.29) is 0 Å². The van der Waals surface area contributed by atoms with Gasteiger partial charge in [-0.2, -0.15) is 0 Å². The topological polar surface area (TPSA) is 32.3 Å². The zero-order valence-electron chi connectivity index (χ0n) is 14.3. The van der Waals surface area contributed by atoms with Crippen LogP contribution in [0.5, 0.6) is 0 Å². The molecular weight excluding hydrogens is 296 g/mol. The Bertz CT molecular complexity index is 724. The molecule has 1 saturated carbocycles. The average molecular weight is 322 g/mol. The molecule has 0 N–H and O–H groups in total. The molecule has 0 amide bonds. The van der Waals surface area contributed by atoms with Gasteiger partial charge in [-0.3, -0.25) is 9.88 Å². The molecule has 1 aromatic carbocycles. The second-order valence-electron chi connectivity index (χ2n) is 7.75. The van der Waals surface area contributed by atoms with Crippen molar-refractivity contribution in [3.8, 4) is 0 Å². The van der Waals surface area contributed by atoms with E-state index in [0.29, 0.717) is 6.04 Å². The van der Waals surface area contributed by atoms with Crippen molar-refractivity contribution in [3.63, 3.8) is 0 Å². The maximum Gasteiger partial charge on any atom is 0.148 e. The number of rotatable bonds is 2. The molecule has 4 nitrogen and oxygen atoms in total. The number of anilines is 1. The number of nitrogens with zero attached hydrogens (tertiary/aromatic N) is 4. The zero-order valence-corrected chi connectivity index (χ0v) is 14.3. The lowest BCUT2D eigenvalue weighted by Gasteiger charge is -2.41. The van der Waals surface area contributed by atoms with Gasteiger partial charge in [-0.05, 0) is 50.3 Å². The molecule has 2 atom stereocenters. The fraction of sp³-hybridized carbons (Fsp3) is 0.600. The quantitative estimate of drug-likeness (QED) is 0.847. The molecule has 0 spiro atoms. The number of benzene rings is 1. The van der Waals surface area contributed by atoms with Crippen LogP contribution in [0.3, 0.4) is 0 Å². The van der Waals surface area contributed by atoms with Gasteiger partial charge in [-0.15, -0.1) is 0 Å². The maximum atomic E-state index is 4.92. The summed E-state index contributed by atoms with van der Waals surface area (Å²) in [4.78, 5) is 14.9. The summed E-state index contributed by atoms with van der Waals surface area (Å²) in [7, 11) is 0. The fourth-order valence-electron chi connectivity index (χ4n) is 5.14. The Hall–Kier alpha value is -1.68. The van der Waals surface area contributed by atoms with Crippen molar-refractivity contribution >= 4 is 16.9 Å². The molecule has 1 aromatic heterocycles. The largest absolute Gasteiger partial charge is 0.351 e. The summed E-state index contributed by atoms with van der Waals surface area (Å²) in [6.45, 7) is 3.67. The Morgan fingerprint density at radius 2 is 1.71 bits per heavy atom. The first-order valence-corrected chi connectivity index (χ1v) is 9.61. The maximum absolute atomic E-state index is 4.92. The Morgan fingerprint density at radius 1 is 0.917 bits per heavy atom. The van der Waals surface area contributed by atoms with Crippen LogP contribution in [0.4, 0.5) is 5.82 Å². The molecule has 5 rings (SSSR count). The van der Waals surface area contributed by atoms with Crippen LogP contribution in [0.2, 0.25) is 0 Å². The Balaban J connectivity index is 1.40. The third-order valence-corrected chi connectivity index (χ3v) is 6.47. The van der Waals surface area contributed by atoms with Gasteiger partial charge in [0.25, 0.3) is 0 Å². The minimum atomic E-state index is 0.634. The van der Waals surface area contributed by atoms with E-state index < -0.39 is 0 Å². The summed E-state index contributed by atoms with van der Waals surface area (Å²) in [5.74, 6) is 1.92. The van der Waals surface area contributed by atoms with Crippen molar-refractivity contribution < 1.29 is 0 Å². The fourth-order valence-corrected chi connectivity index (χ4v) is 5.14. The average Bonchev–Trinajstić information content (AvgIpc) is 3.30. The van der Waals surface area contributed by atoms with Crippen LogP contribution in [0.25, 0.3) is 11.0 Å². The number of hydrogen-bond acceptors (Lipinski definition) is 4. The molecule has 2 aromatic rings. The van der Waals surface area contributed by atoms with Crippen LogP contribution in [0.1, 0.15) is 38.5 Å². The molecule has 4 heteroatoms. The lowest BCUT2D eigenvalue weighted by molar-refractivity contribution is 0.126. The van der Waals surface area contributed by atoms with Crippen molar-refractivity contribution in [2.45, 2.75) is 50.6 Å². The predicted molar refractivity (Wildman–Crippen MR) is 97.2 cm³/mol. The molecule has 0 radical (unpaired) electrons. The van der Waals surface area contributed by atoms with E-state index in [2.05, 4.69) is 26.9 Å². The van der Waals surface area contributed by atoms with Crippen LogP contribution in [0, 0.1) is 5.92 Å². The van der Waals surface area contributed by atoms with Crippen molar-refractivity contribution in [3.05, 3.63) is 30.5 Å². The van der Waals surface area contributed by atoms with E-state index in [4.69, 9.17) is 4.98 Å². The number of fused-ring (bicyclic) bond motifs is 2. The van der Waals surface area contributed by atoms with Crippen molar-refractivity contribution in [2.24, 2.45) is 5.92 Å². The number of aromatic nitrogens is 2. The molecule has 2 unspecified atom stereocenters. The van der Waals surface area contributed by atoms with Crippen LogP contribution in [-0.4, -0.2) is 46.6 Å². The third kappa shape index (κ3) is 2.48. The van der Waals surface area contributed by atoms with E-state index in [1.807, 2.05) is 18.3 Å². The molecule has 126 valence electrons. The van der Waals surface area contributed by atoms with Gasteiger partial charge in [-0.1, -0.05) is 25.0 Å². The standard InChI is InChI=1S/C20H26N4/c1-2-6-16(5-1)23-11-9-15-10-12-24(19(15)14-23)20-13-21-17-7-3-4-8-18(17)22-20/h3-4,7-8,13,15-16,19H,1-2,5-6,9-12,14H2. The van der Waals surface area contributed by atoms with E-state index in [9.17, 15) is 0 Å². The second kappa shape index (κ2) is 5.99. The summed E-state index contributed by atoms with van der Waals surface area (Å²) in [5.41, 5.74) is 2.01. The molecule has 2 aliphatic heterocycles. The molecule has 1 aliphatic carbocycles. The lowest BCUT2D eigenvalue weighted by atomic mass is 9.91. The van der Waals surface area contributed by atoms with Gasteiger partial charge in [-0.25, -0.2) is 4.98 Å². The van der Waals surface area contributed by atoms with Gasteiger partial charge in [0.2, 0.25) is 0 Å². The highest BCUT2D eigenvalue weighted by molar-refractivity contribution is 5.75. The van der Waals surface area contributed by atoms with Gasteiger partial charge in [0, 0.05) is 25.2 Å². The lowest BCUT2D eigenvalue weighted by Crippen LogP contribution is -2.51. The van der Waals surface area contributed by atoms with Gasteiger partial charge < -0.3 is 4.90 Å². The van der Waals surface area contributed by atoms with Crippen LogP contribution in [-0.2, 0) is 0 Å². The monoisotopic (exact) mass is 322 g/mol. The number of piperidine rings is 1. The molecule has 2 saturated heterocycles. The smallest absolute Gasteiger partial charge is 0.148 e. The molecule has 3 aliphatic rings. The minimum Gasteiger partial charge on any atom is -0.351 e. The number of para-hydroxylation sites is 2. The summed E-state index contributed by atoms with van der Waals surface area (Å²) in [6.07, 6.45) is 10.3. The van der Waals surface area contributed by atoms with Gasteiger partial charge in [0.15, 0.2) is 0 Å². The van der Waals surface area contributed by atoms with E-state index in [0.717, 1.165) is 35.4 Å². The Labute approximate surface area is 143 Å². The highest BCUT2D eigenvalue weighted by Crippen LogP contribution is 2.37. The summed E-state index contributed by atoms with van der Waals surface area (Å²) in [5, 5.41) is 0. The summed E-state index contributed by atoms with van der Waals surface area (Å²) < 4.78 is 0. The first kappa shape index (κ1) is 14.6. The van der Waals surface area contributed by atoms with Gasteiger partial charge in [0.05, 0.1) is 17.2 Å². The molecule has 3 fully saturated rings. The highest BCUT2D eigenvalue weighted by Gasteiger charge is 2.40. The number of hydrogen-bond donors (Lipinski definition) is 0. The SMILES string of the molecule is c1ccc2nc(N3CCC4CCN(C5CCCC5)CC43)cnc2c1. The second-order valence-corrected chi connectivity index (χ2v) is 7.75. The minimum absolute atomic E-state index is 0.634. The number of likely N-dealkylation sites (tertiary alicyclic amines) is 1. The Morgan fingerprint density at radius 3 is 2.58 bits per heavy atom. The van der Waals surface area contributed by atoms with Crippen LogP contribution >= 0.6 is 0 Å². The summed E-state index contributed by atoms with van der Waals surface area (Å²) >= 11 is 0. The van der Waals surface area contributed by atoms with E-state index in [1.54, 1.807) is 0 Å². The van der Waals surface area contributed by atoms with Crippen molar-refractivity contribution in [1.29, 1.82) is 0 Å². The normalized spacial score (nSPS) is 28.6. The summed E-state index contributed by atoms with van der Waals surface area (Å²) in [6, 6.07) is 9.68. The van der Waals surface area contributed by atoms with Gasteiger partial charge >= 0.3 is 0 Å². The molecule has 24 heavy (non-hydrogen) atoms. The third-order valence-electron chi connectivity index (χ3n) is 6.47. The first-order valence-electron chi connectivity index (χ1n) is 9.61. The van der Waals surface area contributed by atoms with Crippen LogP contribution in [0.15, 0.2) is 30.5 Å². The zero-order chi connectivity index (χ0) is 15.9. The van der Waals surface area contributed by atoms with Gasteiger partial charge in [0.1, 0.15) is 5.82 Å². The van der Waals surface area contributed by atoms with E-state index >= 15 is 0 Å². The molecule has 3 heterocycles. The predicted octanol–water partition coefficient (Wildman–Crippen LogP) is 3.47. The van der Waals surface area contributed by atoms with E-state index in [1.165, 1.54) is 51.6 Å².